The molecule has 1 saturated heterocycles. The molecule has 1 unspecified atom stereocenters. The fraction of sp³-hybridized carbons (Fsp3) is 0.688. The lowest BCUT2D eigenvalue weighted by Crippen LogP contribution is -2.46. The van der Waals surface area contributed by atoms with Crippen LogP contribution in [0.1, 0.15) is 63.1 Å². The van der Waals surface area contributed by atoms with Crippen LogP contribution in [-0.4, -0.2) is 27.9 Å². The summed E-state index contributed by atoms with van der Waals surface area (Å²) in [5.41, 5.74) is 7.34. The lowest BCUT2D eigenvalue weighted by molar-refractivity contribution is -0.133. The normalized spacial score (nSPS) is 25.9. The minimum absolute atomic E-state index is 0.227. The van der Waals surface area contributed by atoms with Gasteiger partial charge in [0.1, 0.15) is 0 Å². The number of likely N-dealkylation sites (tertiary alicyclic amines) is 1. The highest BCUT2D eigenvalue weighted by Gasteiger charge is 2.36. The third-order valence-corrected chi connectivity index (χ3v) is 4.91. The van der Waals surface area contributed by atoms with Crippen LogP contribution in [0.15, 0.2) is 18.3 Å². The predicted molar refractivity (Wildman–Crippen MR) is 79.1 cm³/mol. The second-order valence-electron chi connectivity index (χ2n) is 6.47. The topological polar surface area (TPSA) is 62.1 Å². The van der Waals surface area contributed by atoms with Crippen LogP contribution < -0.4 is 5.73 Å². The monoisotopic (exact) mass is 275 g/mol. The van der Waals surface area contributed by atoms with Gasteiger partial charge in [0.05, 0.1) is 6.04 Å². The maximum Gasteiger partial charge on any atom is 0.224 e. The molecule has 3 rings (SSSR count). The van der Waals surface area contributed by atoms with Crippen molar-refractivity contribution in [2.45, 2.75) is 62.9 Å². The summed E-state index contributed by atoms with van der Waals surface area (Å²) in [6.45, 7) is 0.874. The Kier molecular flexibility index (Phi) is 3.83. The van der Waals surface area contributed by atoms with Crippen molar-refractivity contribution >= 4 is 5.91 Å². The Labute approximate surface area is 120 Å². The molecule has 1 amide bonds. The molecule has 2 fully saturated rings. The SMILES string of the molecule is NC1(CC(=O)N2CCCC2c2ccc[nH]2)CCCCC1. The number of amides is 1. The number of aromatic amines is 1. The van der Waals surface area contributed by atoms with Crippen LogP contribution in [0.2, 0.25) is 0 Å². The average molecular weight is 275 g/mol. The smallest absolute Gasteiger partial charge is 0.224 e. The molecule has 20 heavy (non-hydrogen) atoms. The summed E-state index contributed by atoms with van der Waals surface area (Å²) in [6.07, 6.45) is 10.2. The van der Waals surface area contributed by atoms with Crippen molar-refractivity contribution in [1.82, 2.24) is 9.88 Å². The maximum absolute atomic E-state index is 12.7. The number of carbonyl (C=O) groups is 1. The summed E-state index contributed by atoms with van der Waals surface area (Å²) in [7, 11) is 0. The van der Waals surface area contributed by atoms with Gasteiger partial charge in [0.15, 0.2) is 0 Å². The van der Waals surface area contributed by atoms with Crippen molar-refractivity contribution < 1.29 is 4.79 Å². The number of carbonyl (C=O) groups excluding carboxylic acids is 1. The molecule has 4 nitrogen and oxygen atoms in total. The van der Waals surface area contributed by atoms with E-state index >= 15 is 0 Å². The molecular formula is C16H25N3O. The predicted octanol–water partition coefficient (Wildman–Crippen LogP) is 2.73. The van der Waals surface area contributed by atoms with Crippen LogP contribution in [-0.2, 0) is 4.79 Å². The second kappa shape index (κ2) is 5.60. The van der Waals surface area contributed by atoms with E-state index in [-0.39, 0.29) is 17.5 Å². The standard InChI is InChI=1S/C16H25N3O/c17-16(8-2-1-3-9-16)12-15(20)19-11-5-7-14(19)13-6-4-10-18-13/h4,6,10,14,18H,1-3,5,7-9,11-12,17H2. The van der Waals surface area contributed by atoms with Gasteiger partial charge in [0.25, 0.3) is 0 Å². The molecule has 2 aliphatic rings. The van der Waals surface area contributed by atoms with E-state index in [1.807, 2.05) is 17.2 Å². The van der Waals surface area contributed by atoms with E-state index in [9.17, 15) is 4.79 Å². The van der Waals surface area contributed by atoms with Gasteiger partial charge < -0.3 is 15.6 Å². The molecule has 110 valence electrons. The molecule has 2 heterocycles. The average Bonchev–Trinajstić information content (AvgIpc) is 3.10. The summed E-state index contributed by atoms with van der Waals surface area (Å²) in [5, 5.41) is 0. The molecule has 0 spiro atoms. The Balaban J connectivity index is 1.67. The van der Waals surface area contributed by atoms with Crippen molar-refractivity contribution in [1.29, 1.82) is 0 Å². The number of nitrogens with zero attached hydrogens (tertiary/aromatic N) is 1. The van der Waals surface area contributed by atoms with E-state index in [4.69, 9.17) is 5.73 Å². The lowest BCUT2D eigenvalue weighted by Gasteiger charge is -2.35. The van der Waals surface area contributed by atoms with Crippen molar-refractivity contribution in [2.24, 2.45) is 5.73 Å². The molecule has 1 aromatic rings. The Morgan fingerprint density at radius 1 is 1.35 bits per heavy atom. The summed E-state index contributed by atoms with van der Waals surface area (Å²) < 4.78 is 0. The Bertz CT molecular complexity index is 448. The first-order valence-corrected chi connectivity index (χ1v) is 7.90. The van der Waals surface area contributed by atoms with Crippen LogP contribution in [0.3, 0.4) is 0 Å². The van der Waals surface area contributed by atoms with Gasteiger partial charge in [-0.2, -0.15) is 0 Å². The van der Waals surface area contributed by atoms with Crippen LogP contribution >= 0.6 is 0 Å². The molecule has 0 radical (unpaired) electrons. The van der Waals surface area contributed by atoms with E-state index in [2.05, 4.69) is 11.1 Å². The molecular weight excluding hydrogens is 250 g/mol. The Morgan fingerprint density at radius 2 is 2.15 bits per heavy atom. The van der Waals surface area contributed by atoms with Crippen molar-refractivity contribution in [3.63, 3.8) is 0 Å². The quantitative estimate of drug-likeness (QED) is 0.891. The second-order valence-corrected chi connectivity index (χ2v) is 6.47. The molecule has 1 aromatic heterocycles. The van der Waals surface area contributed by atoms with Gasteiger partial charge in [0.2, 0.25) is 5.91 Å². The molecule has 3 N–H and O–H groups in total. The van der Waals surface area contributed by atoms with Crippen molar-refractivity contribution in [3.05, 3.63) is 24.0 Å². The number of hydrogen-bond acceptors (Lipinski definition) is 2. The highest BCUT2D eigenvalue weighted by atomic mass is 16.2. The van der Waals surface area contributed by atoms with E-state index in [0.717, 1.165) is 37.9 Å². The fourth-order valence-electron chi connectivity index (χ4n) is 3.78. The van der Waals surface area contributed by atoms with Gasteiger partial charge in [-0.05, 0) is 37.8 Å². The van der Waals surface area contributed by atoms with Gasteiger partial charge in [0, 0.05) is 30.4 Å². The van der Waals surface area contributed by atoms with Gasteiger partial charge >= 0.3 is 0 Å². The third-order valence-electron chi connectivity index (χ3n) is 4.91. The number of rotatable bonds is 3. The number of H-pyrrole nitrogens is 1. The molecule has 1 aliphatic heterocycles. The summed E-state index contributed by atoms with van der Waals surface area (Å²) >= 11 is 0. The fourth-order valence-corrected chi connectivity index (χ4v) is 3.78. The van der Waals surface area contributed by atoms with Gasteiger partial charge in [-0.1, -0.05) is 19.3 Å². The zero-order chi connectivity index (χ0) is 14.0. The third kappa shape index (κ3) is 2.75. The van der Waals surface area contributed by atoms with Crippen molar-refractivity contribution in [2.75, 3.05) is 6.54 Å². The molecule has 4 heteroatoms. The highest BCUT2D eigenvalue weighted by molar-refractivity contribution is 5.78. The Hall–Kier alpha value is -1.29. The number of nitrogens with two attached hydrogens (primary N) is 1. The summed E-state index contributed by atoms with van der Waals surface area (Å²) in [5.74, 6) is 0.242. The van der Waals surface area contributed by atoms with Crippen LogP contribution in [0, 0.1) is 0 Å². The largest absolute Gasteiger partial charge is 0.363 e. The maximum atomic E-state index is 12.7. The lowest BCUT2D eigenvalue weighted by atomic mass is 9.80. The van der Waals surface area contributed by atoms with Crippen LogP contribution in [0.4, 0.5) is 0 Å². The minimum atomic E-state index is -0.252. The van der Waals surface area contributed by atoms with Crippen LogP contribution in [0.5, 0.6) is 0 Å². The van der Waals surface area contributed by atoms with E-state index < -0.39 is 0 Å². The molecule has 1 aliphatic carbocycles. The van der Waals surface area contributed by atoms with Gasteiger partial charge in [-0.15, -0.1) is 0 Å². The molecule has 0 aromatic carbocycles. The van der Waals surface area contributed by atoms with Gasteiger partial charge in [-0.25, -0.2) is 0 Å². The zero-order valence-corrected chi connectivity index (χ0v) is 12.1. The zero-order valence-electron chi connectivity index (χ0n) is 12.1. The van der Waals surface area contributed by atoms with Gasteiger partial charge in [-0.3, -0.25) is 4.79 Å². The number of aromatic nitrogens is 1. The first kappa shape index (κ1) is 13.7. The number of hydrogen-bond donors (Lipinski definition) is 2. The first-order chi connectivity index (χ1) is 9.68. The van der Waals surface area contributed by atoms with E-state index in [1.165, 1.54) is 19.3 Å². The first-order valence-electron chi connectivity index (χ1n) is 7.90. The molecule has 1 atom stereocenters. The van der Waals surface area contributed by atoms with Crippen molar-refractivity contribution in [3.8, 4) is 0 Å². The molecule has 1 saturated carbocycles. The highest BCUT2D eigenvalue weighted by Crippen LogP contribution is 2.34. The van der Waals surface area contributed by atoms with E-state index in [1.54, 1.807) is 0 Å². The molecule has 0 bridgehead atoms. The minimum Gasteiger partial charge on any atom is -0.363 e. The Morgan fingerprint density at radius 3 is 2.85 bits per heavy atom. The summed E-state index contributed by atoms with van der Waals surface area (Å²) in [6, 6.07) is 4.31. The van der Waals surface area contributed by atoms with Crippen LogP contribution in [0.25, 0.3) is 0 Å². The number of nitrogens with one attached hydrogen (secondary N) is 1. The summed E-state index contributed by atoms with van der Waals surface area (Å²) in [4.78, 5) is 17.9. The van der Waals surface area contributed by atoms with E-state index in [0.29, 0.717) is 6.42 Å².